The average molecular weight is 391 g/mol. The molecule has 2 fully saturated rings. The van der Waals surface area contributed by atoms with Gasteiger partial charge >= 0.3 is 12.1 Å². The molecular weight excluding hydrogens is 371 g/mol. The summed E-state index contributed by atoms with van der Waals surface area (Å²) in [6.45, 7) is 2.99. The van der Waals surface area contributed by atoms with Crippen LogP contribution in [0.2, 0.25) is 0 Å². The zero-order valence-electron chi connectivity index (χ0n) is 15.3. The number of fused-ring (bicyclic) bond motifs is 1. The zero-order valence-corrected chi connectivity index (χ0v) is 15.3. The topological polar surface area (TPSA) is 66.3 Å². The van der Waals surface area contributed by atoms with E-state index >= 15 is 0 Å². The van der Waals surface area contributed by atoms with E-state index in [9.17, 15) is 23.1 Å². The highest BCUT2D eigenvalue weighted by molar-refractivity contribution is 5.85. The maximum Gasteiger partial charge on any atom is 0.416 e. The molecule has 0 bridgehead atoms. The number of benzene rings is 1. The zero-order chi connectivity index (χ0) is 20.1. The number of anilines is 1. The van der Waals surface area contributed by atoms with Gasteiger partial charge in [0.15, 0.2) is 5.69 Å². The van der Waals surface area contributed by atoms with Crippen LogP contribution in [0, 0.1) is 18.8 Å². The number of alkyl halides is 3. The molecule has 3 atom stereocenters. The molecule has 1 saturated carbocycles. The maximum absolute atomic E-state index is 13.3. The van der Waals surface area contributed by atoms with Gasteiger partial charge in [-0.05, 0) is 55.2 Å². The van der Waals surface area contributed by atoms with Crippen molar-refractivity contribution >= 4 is 11.9 Å². The second kappa shape index (κ2) is 6.76. The number of carboxylic acid groups (broad SMARTS) is 1. The van der Waals surface area contributed by atoms with E-state index in [4.69, 9.17) is 0 Å². The van der Waals surface area contributed by atoms with E-state index in [1.165, 1.54) is 12.1 Å². The molecule has 1 aliphatic carbocycles. The lowest BCUT2D eigenvalue weighted by Gasteiger charge is -2.21. The first-order valence-corrected chi connectivity index (χ1v) is 9.22. The molecule has 1 unspecified atom stereocenters. The van der Waals surface area contributed by atoms with E-state index in [2.05, 4.69) is 9.97 Å². The molecular formula is C20H20F3N3O2. The Labute approximate surface area is 160 Å². The van der Waals surface area contributed by atoms with Crippen LogP contribution in [0.3, 0.4) is 0 Å². The van der Waals surface area contributed by atoms with Crippen molar-refractivity contribution < 1.29 is 23.1 Å². The van der Waals surface area contributed by atoms with E-state index < -0.39 is 17.7 Å². The highest BCUT2D eigenvalue weighted by Crippen LogP contribution is 2.49. The summed E-state index contributed by atoms with van der Waals surface area (Å²) < 4.78 is 40.0. The van der Waals surface area contributed by atoms with Gasteiger partial charge < -0.3 is 10.0 Å². The Morgan fingerprint density at radius 2 is 1.79 bits per heavy atom. The number of carboxylic acids is 1. The number of carbonyl (C=O) groups is 1. The van der Waals surface area contributed by atoms with Crippen molar-refractivity contribution in [2.45, 2.75) is 31.9 Å². The van der Waals surface area contributed by atoms with Crippen LogP contribution in [0.4, 0.5) is 19.1 Å². The molecule has 1 saturated heterocycles. The van der Waals surface area contributed by atoms with Gasteiger partial charge in [0.1, 0.15) is 0 Å². The predicted molar refractivity (Wildman–Crippen MR) is 96.3 cm³/mol. The Hall–Kier alpha value is -2.64. The third kappa shape index (κ3) is 3.43. The molecule has 148 valence electrons. The second-order valence-electron chi connectivity index (χ2n) is 7.68. The van der Waals surface area contributed by atoms with Crippen molar-refractivity contribution in [3.05, 3.63) is 52.8 Å². The third-order valence-electron chi connectivity index (χ3n) is 5.80. The van der Waals surface area contributed by atoms with Crippen LogP contribution in [0.5, 0.6) is 0 Å². The van der Waals surface area contributed by atoms with Gasteiger partial charge in [0.25, 0.3) is 0 Å². The normalized spacial score (nSPS) is 24.4. The summed E-state index contributed by atoms with van der Waals surface area (Å²) in [7, 11) is 0. The minimum atomic E-state index is -4.34. The average Bonchev–Trinajstić information content (AvgIpc) is 3.19. The van der Waals surface area contributed by atoms with E-state index in [1.54, 1.807) is 19.1 Å². The molecule has 2 heterocycles. The van der Waals surface area contributed by atoms with Crippen molar-refractivity contribution in [3.8, 4) is 0 Å². The molecule has 1 aromatic heterocycles. The number of aromatic carboxylic acids is 1. The van der Waals surface area contributed by atoms with Gasteiger partial charge in [0, 0.05) is 18.8 Å². The number of nitrogens with zero attached hydrogens (tertiary/aromatic N) is 3. The minimum absolute atomic E-state index is 0.0449. The molecule has 0 spiro atoms. The fourth-order valence-electron chi connectivity index (χ4n) is 4.63. The molecule has 4 rings (SSSR count). The molecule has 5 nitrogen and oxygen atoms in total. The van der Waals surface area contributed by atoms with Crippen molar-refractivity contribution in [2.24, 2.45) is 11.8 Å². The first kappa shape index (κ1) is 18.7. The fourth-order valence-corrected chi connectivity index (χ4v) is 4.63. The summed E-state index contributed by atoms with van der Waals surface area (Å²) in [5.74, 6) is -0.315. The van der Waals surface area contributed by atoms with Crippen LogP contribution in [-0.2, 0) is 6.18 Å². The molecule has 1 N–H and O–H groups in total. The van der Waals surface area contributed by atoms with Crippen LogP contribution in [0.1, 0.15) is 46.1 Å². The molecule has 2 aliphatic rings. The number of aromatic nitrogens is 2. The number of rotatable bonds is 3. The van der Waals surface area contributed by atoms with Crippen molar-refractivity contribution in [3.63, 3.8) is 0 Å². The molecule has 2 aromatic rings. The Balaban J connectivity index is 1.51. The van der Waals surface area contributed by atoms with Crippen LogP contribution in [0.15, 0.2) is 30.3 Å². The van der Waals surface area contributed by atoms with Crippen molar-refractivity contribution in [2.75, 3.05) is 18.0 Å². The van der Waals surface area contributed by atoms with Gasteiger partial charge in [0.2, 0.25) is 5.95 Å². The summed E-state index contributed by atoms with van der Waals surface area (Å²) in [4.78, 5) is 21.7. The lowest BCUT2D eigenvalue weighted by atomic mass is 9.91. The van der Waals surface area contributed by atoms with Gasteiger partial charge in [0.05, 0.1) is 5.56 Å². The second-order valence-corrected chi connectivity index (χ2v) is 7.68. The van der Waals surface area contributed by atoms with Gasteiger partial charge in [-0.1, -0.05) is 18.2 Å². The first-order valence-electron chi connectivity index (χ1n) is 9.22. The SMILES string of the molecule is Cc1cc(C(=O)O)nc(N2C[C@H]3CC(c4ccccc4C(F)(F)F)C[C@H]3C2)n1. The van der Waals surface area contributed by atoms with Crippen molar-refractivity contribution in [1.29, 1.82) is 0 Å². The number of hydrogen-bond donors (Lipinski definition) is 1. The largest absolute Gasteiger partial charge is 0.477 e. The molecule has 8 heteroatoms. The summed E-state index contributed by atoms with van der Waals surface area (Å²) in [6, 6.07) is 7.27. The quantitative estimate of drug-likeness (QED) is 0.852. The van der Waals surface area contributed by atoms with Crippen LogP contribution in [0.25, 0.3) is 0 Å². The summed E-state index contributed by atoms with van der Waals surface area (Å²) >= 11 is 0. The van der Waals surface area contributed by atoms with Gasteiger partial charge in [-0.2, -0.15) is 13.2 Å². The fraction of sp³-hybridized carbons (Fsp3) is 0.450. The summed E-state index contributed by atoms with van der Waals surface area (Å²) in [5.41, 5.74) is 0.383. The molecule has 1 aromatic carbocycles. The van der Waals surface area contributed by atoms with E-state index in [1.807, 2.05) is 4.90 Å². The third-order valence-corrected chi connectivity index (χ3v) is 5.80. The number of hydrogen-bond acceptors (Lipinski definition) is 4. The van der Waals surface area contributed by atoms with Crippen LogP contribution < -0.4 is 4.90 Å². The van der Waals surface area contributed by atoms with Crippen LogP contribution in [-0.4, -0.2) is 34.1 Å². The molecule has 1 aliphatic heterocycles. The first-order chi connectivity index (χ1) is 13.2. The summed E-state index contributed by atoms with van der Waals surface area (Å²) in [5, 5.41) is 9.19. The van der Waals surface area contributed by atoms with Gasteiger partial charge in [-0.3, -0.25) is 0 Å². The Morgan fingerprint density at radius 1 is 1.14 bits per heavy atom. The number of halogens is 3. The van der Waals surface area contributed by atoms with E-state index in [0.717, 1.165) is 6.07 Å². The smallest absolute Gasteiger partial charge is 0.416 e. The molecule has 0 radical (unpaired) electrons. The predicted octanol–water partition coefficient (Wildman–Crippen LogP) is 4.13. The standard InChI is InChI=1S/C20H20F3N3O2/c1-11-6-17(18(27)28)25-19(24-11)26-9-13-7-12(8-14(13)10-26)15-4-2-3-5-16(15)20(21,22)23/h2-6,12-14H,7-10H2,1H3,(H,27,28)/t12?,13-,14+. The molecule has 0 amide bonds. The number of aryl methyl sites for hydroxylation is 1. The van der Waals surface area contributed by atoms with Crippen LogP contribution >= 0.6 is 0 Å². The minimum Gasteiger partial charge on any atom is -0.477 e. The Morgan fingerprint density at radius 3 is 2.39 bits per heavy atom. The van der Waals surface area contributed by atoms with E-state index in [-0.39, 0.29) is 23.4 Å². The monoisotopic (exact) mass is 391 g/mol. The molecule has 28 heavy (non-hydrogen) atoms. The Bertz CT molecular complexity index is 902. The van der Waals surface area contributed by atoms with Gasteiger partial charge in [-0.25, -0.2) is 14.8 Å². The summed E-state index contributed by atoms with van der Waals surface area (Å²) in [6.07, 6.45) is -2.97. The maximum atomic E-state index is 13.3. The van der Waals surface area contributed by atoms with Gasteiger partial charge in [-0.15, -0.1) is 0 Å². The lowest BCUT2D eigenvalue weighted by molar-refractivity contribution is -0.138. The highest BCUT2D eigenvalue weighted by Gasteiger charge is 2.44. The van der Waals surface area contributed by atoms with Crippen molar-refractivity contribution in [1.82, 2.24) is 9.97 Å². The van der Waals surface area contributed by atoms with E-state index in [0.29, 0.717) is 43.1 Å². The Kier molecular flexibility index (Phi) is 4.51. The lowest BCUT2D eigenvalue weighted by Crippen LogP contribution is -2.25. The highest BCUT2D eigenvalue weighted by atomic mass is 19.4.